The van der Waals surface area contributed by atoms with Gasteiger partial charge in [0, 0.05) is 10.4 Å². The minimum atomic E-state index is -0.670. The maximum atomic E-state index is 12.2. The lowest BCUT2D eigenvalue weighted by molar-refractivity contribution is -0.126. The average Bonchev–Trinajstić information content (AvgIpc) is 3.13. The summed E-state index contributed by atoms with van der Waals surface area (Å²) in [6, 6.07) is 21.9. The summed E-state index contributed by atoms with van der Waals surface area (Å²) in [5, 5.41) is 22.2. The van der Waals surface area contributed by atoms with Gasteiger partial charge in [0.2, 0.25) is 5.88 Å². The molecule has 8 nitrogen and oxygen atoms in total. The predicted molar refractivity (Wildman–Crippen MR) is 133 cm³/mol. The van der Waals surface area contributed by atoms with Crippen molar-refractivity contribution < 1.29 is 19.4 Å². The van der Waals surface area contributed by atoms with E-state index in [1.807, 2.05) is 49.4 Å². The van der Waals surface area contributed by atoms with Crippen LogP contribution in [0.5, 0.6) is 11.6 Å². The number of aryl methyl sites for hydroxylation is 1. The Hall–Kier alpha value is -4.17. The lowest BCUT2D eigenvalue weighted by Gasteiger charge is -2.08. The van der Waals surface area contributed by atoms with E-state index in [0.717, 1.165) is 11.1 Å². The van der Waals surface area contributed by atoms with E-state index < -0.39 is 11.8 Å². The normalized spacial score (nSPS) is 11.1. The van der Waals surface area contributed by atoms with E-state index in [1.165, 1.54) is 0 Å². The molecule has 4 rings (SSSR count). The highest BCUT2D eigenvalue weighted by Crippen LogP contribution is 2.39. The number of fused-ring (bicyclic) bond motifs is 1. The van der Waals surface area contributed by atoms with E-state index in [-0.39, 0.29) is 24.7 Å². The summed E-state index contributed by atoms with van der Waals surface area (Å²) in [6.45, 7) is 1.68. The fraction of sp³-hybridized carbons (Fsp3) is 0.154. The average molecular weight is 491 g/mol. The van der Waals surface area contributed by atoms with Gasteiger partial charge >= 0.3 is 0 Å². The summed E-state index contributed by atoms with van der Waals surface area (Å²) < 4.78 is 7.04. The Bertz CT molecular complexity index is 1400. The number of aromatic nitrogens is 1. The first-order valence-electron chi connectivity index (χ1n) is 10.9. The van der Waals surface area contributed by atoms with Gasteiger partial charge in [-0.1, -0.05) is 65.7 Å². The Morgan fingerprint density at radius 3 is 2.51 bits per heavy atom. The van der Waals surface area contributed by atoms with Crippen LogP contribution in [0.1, 0.15) is 11.1 Å². The third-order valence-corrected chi connectivity index (χ3v) is 5.66. The molecule has 2 amide bonds. The number of azo groups is 1. The van der Waals surface area contributed by atoms with Crippen molar-refractivity contribution in [1.82, 2.24) is 9.88 Å². The molecule has 35 heavy (non-hydrogen) atoms. The van der Waals surface area contributed by atoms with Crippen molar-refractivity contribution in [2.75, 3.05) is 13.2 Å². The van der Waals surface area contributed by atoms with Crippen molar-refractivity contribution in [2.45, 2.75) is 13.5 Å². The monoisotopic (exact) mass is 490 g/mol. The van der Waals surface area contributed by atoms with Gasteiger partial charge in [0.25, 0.3) is 11.8 Å². The molecule has 0 saturated carbocycles. The number of carbonyl (C=O) groups excluding carboxylic acids is 2. The molecule has 0 unspecified atom stereocenters. The van der Waals surface area contributed by atoms with E-state index in [2.05, 4.69) is 15.5 Å². The largest absolute Gasteiger partial charge is 0.493 e. The third kappa shape index (κ3) is 5.85. The maximum absolute atomic E-state index is 12.2. The molecule has 0 radical (unpaired) electrons. The first-order valence-corrected chi connectivity index (χ1v) is 11.2. The second-order valence-corrected chi connectivity index (χ2v) is 8.25. The number of hydrogen-bond acceptors (Lipinski definition) is 5. The van der Waals surface area contributed by atoms with Crippen LogP contribution in [0.4, 0.5) is 5.69 Å². The molecular formula is C26H23ClN4O4. The molecule has 0 aliphatic rings. The van der Waals surface area contributed by atoms with E-state index in [0.29, 0.717) is 28.2 Å². The Balaban J connectivity index is 1.41. The molecule has 0 fully saturated rings. The standard InChI is InChI=1S/C26H23ClN4O4/c1-17-10-12-19(13-11-17)35-16-24(33)28-14-23(32)29-30-25-20-7-3-5-9-22(20)31(26(25)34)15-18-6-2-4-8-21(18)27/h2-13,34H,14-16H2,1H3,(H,28,33). The molecule has 4 aromatic rings. The highest BCUT2D eigenvalue weighted by molar-refractivity contribution is 6.31. The number of hydrogen-bond donors (Lipinski definition) is 2. The van der Waals surface area contributed by atoms with E-state index in [9.17, 15) is 14.7 Å². The number of rotatable bonds is 8. The number of halogens is 1. The molecule has 0 atom stereocenters. The Morgan fingerprint density at radius 2 is 1.74 bits per heavy atom. The van der Waals surface area contributed by atoms with Gasteiger partial charge < -0.3 is 19.7 Å². The van der Waals surface area contributed by atoms with Gasteiger partial charge in [-0.05, 0) is 36.8 Å². The van der Waals surface area contributed by atoms with Crippen LogP contribution in [0.2, 0.25) is 5.02 Å². The highest BCUT2D eigenvalue weighted by Gasteiger charge is 2.18. The van der Waals surface area contributed by atoms with Crippen LogP contribution in [-0.2, 0) is 16.1 Å². The molecule has 0 aliphatic heterocycles. The molecule has 2 N–H and O–H groups in total. The number of amides is 2. The first-order chi connectivity index (χ1) is 16.9. The number of ether oxygens (including phenoxy) is 1. The fourth-order valence-electron chi connectivity index (χ4n) is 3.48. The summed E-state index contributed by atoms with van der Waals surface area (Å²) in [5.74, 6) is -0.719. The summed E-state index contributed by atoms with van der Waals surface area (Å²) in [4.78, 5) is 24.2. The van der Waals surface area contributed by atoms with Crippen molar-refractivity contribution in [2.24, 2.45) is 10.2 Å². The molecule has 0 bridgehead atoms. The second kappa shape index (κ2) is 10.8. The topological polar surface area (TPSA) is 105 Å². The van der Waals surface area contributed by atoms with Gasteiger partial charge in [0.15, 0.2) is 12.3 Å². The van der Waals surface area contributed by atoms with Gasteiger partial charge in [0.1, 0.15) is 12.3 Å². The summed E-state index contributed by atoms with van der Waals surface area (Å²) >= 11 is 6.29. The molecule has 9 heteroatoms. The van der Waals surface area contributed by atoms with Crippen LogP contribution in [0.3, 0.4) is 0 Å². The molecule has 0 spiro atoms. The van der Waals surface area contributed by atoms with Gasteiger partial charge in [-0.15, -0.1) is 10.2 Å². The molecule has 178 valence electrons. The van der Waals surface area contributed by atoms with Gasteiger partial charge in [-0.25, -0.2) is 0 Å². The van der Waals surface area contributed by atoms with Crippen molar-refractivity contribution in [1.29, 1.82) is 0 Å². The second-order valence-electron chi connectivity index (χ2n) is 7.84. The number of para-hydroxylation sites is 1. The zero-order valence-electron chi connectivity index (χ0n) is 18.9. The Kier molecular flexibility index (Phi) is 7.42. The van der Waals surface area contributed by atoms with Gasteiger partial charge in [-0.2, -0.15) is 0 Å². The molecule has 1 heterocycles. The molecule has 0 aliphatic carbocycles. The fourth-order valence-corrected chi connectivity index (χ4v) is 3.67. The predicted octanol–water partition coefficient (Wildman–Crippen LogP) is 5.16. The van der Waals surface area contributed by atoms with Crippen LogP contribution in [0.15, 0.2) is 83.0 Å². The zero-order chi connectivity index (χ0) is 24.8. The van der Waals surface area contributed by atoms with Crippen molar-refractivity contribution in [3.05, 3.63) is 88.9 Å². The lowest BCUT2D eigenvalue weighted by Crippen LogP contribution is -2.32. The Labute approximate surface area is 206 Å². The van der Waals surface area contributed by atoms with E-state index in [4.69, 9.17) is 16.3 Å². The number of nitrogens with zero attached hydrogens (tertiary/aromatic N) is 3. The van der Waals surface area contributed by atoms with E-state index >= 15 is 0 Å². The van der Waals surface area contributed by atoms with Crippen LogP contribution >= 0.6 is 11.6 Å². The van der Waals surface area contributed by atoms with Crippen molar-refractivity contribution in [3.8, 4) is 11.6 Å². The van der Waals surface area contributed by atoms with Crippen molar-refractivity contribution >= 4 is 40.0 Å². The molecule has 3 aromatic carbocycles. The van der Waals surface area contributed by atoms with Crippen LogP contribution in [-0.4, -0.2) is 34.6 Å². The van der Waals surface area contributed by atoms with Crippen LogP contribution < -0.4 is 10.1 Å². The minimum Gasteiger partial charge on any atom is -0.493 e. The maximum Gasteiger partial charge on any atom is 0.283 e. The van der Waals surface area contributed by atoms with Crippen molar-refractivity contribution in [3.63, 3.8) is 0 Å². The van der Waals surface area contributed by atoms with Crippen LogP contribution in [0, 0.1) is 6.92 Å². The minimum absolute atomic E-state index is 0.141. The summed E-state index contributed by atoms with van der Waals surface area (Å²) in [5.41, 5.74) is 2.78. The molecule has 1 aromatic heterocycles. The zero-order valence-corrected chi connectivity index (χ0v) is 19.7. The third-order valence-electron chi connectivity index (χ3n) is 5.29. The quantitative estimate of drug-likeness (QED) is 0.333. The van der Waals surface area contributed by atoms with Crippen LogP contribution in [0.25, 0.3) is 10.9 Å². The Morgan fingerprint density at radius 1 is 1.03 bits per heavy atom. The smallest absolute Gasteiger partial charge is 0.283 e. The number of benzene rings is 3. The van der Waals surface area contributed by atoms with Gasteiger partial charge in [-0.3, -0.25) is 9.59 Å². The first kappa shape index (κ1) is 24.0. The lowest BCUT2D eigenvalue weighted by atomic mass is 10.2. The summed E-state index contributed by atoms with van der Waals surface area (Å²) in [6.07, 6.45) is 0. The number of aromatic hydroxyl groups is 1. The number of carbonyl (C=O) groups is 2. The molecular weight excluding hydrogens is 468 g/mol. The molecule has 0 saturated heterocycles. The highest BCUT2D eigenvalue weighted by atomic mass is 35.5. The SMILES string of the molecule is Cc1ccc(OCC(=O)NCC(=O)N=Nc2c(O)n(Cc3ccccc3Cl)c3ccccc23)cc1. The summed E-state index contributed by atoms with van der Waals surface area (Å²) in [7, 11) is 0. The van der Waals surface area contributed by atoms with E-state index in [1.54, 1.807) is 34.9 Å². The number of nitrogens with one attached hydrogen (secondary N) is 1. The van der Waals surface area contributed by atoms with Gasteiger partial charge in [0.05, 0.1) is 12.1 Å².